The maximum absolute atomic E-state index is 5.95. The Hall–Kier alpha value is -0.510. The minimum atomic E-state index is 0.244. The maximum Gasteiger partial charge on any atom is 0.162 e. The second kappa shape index (κ2) is 5.42. The largest absolute Gasteiger partial charge is 0.489 e. The van der Waals surface area contributed by atoms with Gasteiger partial charge in [-0.2, -0.15) is 5.10 Å². The Morgan fingerprint density at radius 2 is 1.94 bits per heavy atom. The predicted molar refractivity (Wildman–Crippen MR) is 74.9 cm³/mol. The number of alkyl halides is 1. The van der Waals surface area contributed by atoms with Crippen molar-refractivity contribution in [2.75, 3.05) is 11.9 Å². The second-order valence-corrected chi connectivity index (χ2v) is 6.30. The van der Waals surface area contributed by atoms with E-state index in [0.717, 1.165) is 29.1 Å². The molecule has 4 heteroatoms. The van der Waals surface area contributed by atoms with Gasteiger partial charge in [0.05, 0.1) is 12.3 Å². The molecule has 1 unspecified atom stereocenters. The monoisotopic (exact) mass is 302 g/mol. The molecule has 1 rings (SSSR count). The summed E-state index contributed by atoms with van der Waals surface area (Å²) in [4.78, 5) is 0. The lowest BCUT2D eigenvalue weighted by molar-refractivity contribution is 0.164. The Balaban J connectivity index is 2.73. The lowest BCUT2D eigenvalue weighted by Crippen LogP contribution is -2.28. The first kappa shape index (κ1) is 14.6. The van der Waals surface area contributed by atoms with Gasteiger partial charge < -0.3 is 4.74 Å². The first-order valence-corrected chi connectivity index (χ1v) is 7.08. The van der Waals surface area contributed by atoms with Crippen LogP contribution < -0.4 is 4.74 Å². The molecule has 3 nitrogen and oxygen atoms in total. The zero-order valence-electron chi connectivity index (χ0n) is 11.7. The van der Waals surface area contributed by atoms with Crippen LogP contribution in [0.3, 0.4) is 0 Å². The van der Waals surface area contributed by atoms with E-state index >= 15 is 0 Å². The molecule has 0 spiro atoms. The van der Waals surface area contributed by atoms with Gasteiger partial charge in [-0.15, -0.1) is 0 Å². The summed E-state index contributed by atoms with van der Waals surface area (Å²) in [7, 11) is 1.95. The smallest absolute Gasteiger partial charge is 0.162 e. The van der Waals surface area contributed by atoms with Crippen LogP contribution in [0, 0.1) is 25.2 Å². The summed E-state index contributed by atoms with van der Waals surface area (Å²) in [5.41, 5.74) is 2.30. The molecule has 0 bridgehead atoms. The molecule has 1 aromatic heterocycles. The van der Waals surface area contributed by atoms with Crippen LogP contribution in [0.2, 0.25) is 0 Å². The summed E-state index contributed by atoms with van der Waals surface area (Å²) in [5.74, 6) is 1.42. The number of rotatable bonds is 4. The molecule has 0 radical (unpaired) electrons. The van der Waals surface area contributed by atoms with E-state index in [4.69, 9.17) is 4.74 Å². The Bertz CT molecular complexity index is 380. The van der Waals surface area contributed by atoms with Gasteiger partial charge in [0.1, 0.15) is 5.69 Å². The van der Waals surface area contributed by atoms with E-state index in [1.54, 1.807) is 0 Å². The molecule has 1 heterocycles. The molecule has 1 aromatic rings. The van der Waals surface area contributed by atoms with E-state index in [2.05, 4.69) is 41.8 Å². The molecule has 1 atom stereocenters. The van der Waals surface area contributed by atoms with E-state index in [0.29, 0.717) is 5.92 Å². The van der Waals surface area contributed by atoms with Crippen molar-refractivity contribution in [3.8, 4) is 5.75 Å². The third-order valence-corrected chi connectivity index (χ3v) is 4.06. The summed E-state index contributed by atoms with van der Waals surface area (Å²) in [6.45, 7) is 11.5. The van der Waals surface area contributed by atoms with Crippen LogP contribution in [-0.4, -0.2) is 21.7 Å². The average molecular weight is 303 g/mol. The summed E-state index contributed by atoms with van der Waals surface area (Å²) in [5, 5.41) is 5.31. The standard InChI is InChI=1S/C13H23BrN2O/c1-9-12(10(2)16(6)15-9)17-8-11(7-14)13(3,4)5/h11H,7-8H2,1-6H3. The number of hydrogen-bond acceptors (Lipinski definition) is 2. The van der Waals surface area contributed by atoms with Gasteiger partial charge in [-0.05, 0) is 19.3 Å². The number of nitrogens with zero attached hydrogens (tertiary/aromatic N) is 2. The third-order valence-electron chi connectivity index (χ3n) is 3.28. The molecular weight excluding hydrogens is 280 g/mol. The molecule has 0 aromatic carbocycles. The molecule has 0 N–H and O–H groups in total. The van der Waals surface area contributed by atoms with Gasteiger partial charge in [0.2, 0.25) is 0 Å². The molecule has 0 amide bonds. The fraction of sp³-hybridized carbons (Fsp3) is 0.769. The Kier molecular flexibility index (Phi) is 4.64. The summed E-state index contributed by atoms with van der Waals surface area (Å²) in [6, 6.07) is 0. The van der Waals surface area contributed by atoms with E-state index in [1.807, 2.05) is 25.6 Å². The highest BCUT2D eigenvalue weighted by atomic mass is 79.9. The van der Waals surface area contributed by atoms with E-state index < -0.39 is 0 Å². The highest BCUT2D eigenvalue weighted by molar-refractivity contribution is 9.09. The van der Waals surface area contributed by atoms with Crippen molar-refractivity contribution in [2.45, 2.75) is 34.6 Å². The molecular formula is C13H23BrN2O. The number of aromatic nitrogens is 2. The van der Waals surface area contributed by atoms with Crippen LogP contribution in [0.25, 0.3) is 0 Å². The van der Waals surface area contributed by atoms with Crippen molar-refractivity contribution in [3.05, 3.63) is 11.4 Å². The highest BCUT2D eigenvalue weighted by Crippen LogP contribution is 2.29. The van der Waals surface area contributed by atoms with E-state index in [9.17, 15) is 0 Å². The third kappa shape index (κ3) is 3.47. The molecule has 0 aliphatic carbocycles. The molecule has 98 valence electrons. The number of aryl methyl sites for hydroxylation is 2. The van der Waals surface area contributed by atoms with Gasteiger partial charge in [-0.1, -0.05) is 36.7 Å². The Morgan fingerprint density at radius 1 is 1.35 bits per heavy atom. The highest BCUT2D eigenvalue weighted by Gasteiger charge is 2.25. The van der Waals surface area contributed by atoms with Crippen molar-refractivity contribution < 1.29 is 4.74 Å². The quantitative estimate of drug-likeness (QED) is 0.796. The summed E-state index contributed by atoms with van der Waals surface area (Å²) < 4.78 is 7.82. The fourth-order valence-electron chi connectivity index (χ4n) is 1.67. The van der Waals surface area contributed by atoms with Gasteiger partial charge in [-0.3, -0.25) is 4.68 Å². The van der Waals surface area contributed by atoms with Crippen LogP contribution in [-0.2, 0) is 7.05 Å². The predicted octanol–water partition coefficient (Wildman–Crippen LogP) is 3.47. The topological polar surface area (TPSA) is 27.1 Å². The lowest BCUT2D eigenvalue weighted by Gasteiger charge is -2.29. The van der Waals surface area contributed by atoms with Crippen molar-refractivity contribution in [3.63, 3.8) is 0 Å². The van der Waals surface area contributed by atoms with Gasteiger partial charge >= 0.3 is 0 Å². The van der Waals surface area contributed by atoms with Crippen molar-refractivity contribution in [2.24, 2.45) is 18.4 Å². The van der Waals surface area contributed by atoms with Crippen LogP contribution in [0.15, 0.2) is 0 Å². The fourth-order valence-corrected chi connectivity index (χ4v) is 2.83. The molecule has 0 saturated carbocycles. The molecule has 0 aliphatic rings. The van der Waals surface area contributed by atoms with Crippen molar-refractivity contribution in [1.82, 2.24) is 9.78 Å². The Labute approximate surface area is 113 Å². The first-order valence-electron chi connectivity index (χ1n) is 5.96. The summed E-state index contributed by atoms with van der Waals surface area (Å²) >= 11 is 3.57. The average Bonchev–Trinajstić information content (AvgIpc) is 2.43. The van der Waals surface area contributed by atoms with E-state index in [1.165, 1.54) is 0 Å². The number of halogens is 1. The maximum atomic E-state index is 5.95. The van der Waals surface area contributed by atoms with E-state index in [-0.39, 0.29) is 5.41 Å². The number of hydrogen-bond donors (Lipinski definition) is 0. The second-order valence-electron chi connectivity index (χ2n) is 5.65. The van der Waals surface area contributed by atoms with Crippen molar-refractivity contribution >= 4 is 15.9 Å². The molecule has 0 aliphatic heterocycles. The minimum absolute atomic E-state index is 0.244. The van der Waals surface area contributed by atoms with Crippen LogP contribution >= 0.6 is 15.9 Å². The normalized spacial score (nSPS) is 13.8. The minimum Gasteiger partial charge on any atom is -0.489 e. The van der Waals surface area contributed by atoms with Gasteiger partial charge in [0.15, 0.2) is 5.75 Å². The molecule has 0 saturated heterocycles. The Morgan fingerprint density at radius 3 is 2.29 bits per heavy atom. The zero-order chi connectivity index (χ0) is 13.2. The van der Waals surface area contributed by atoms with Gasteiger partial charge in [0.25, 0.3) is 0 Å². The summed E-state index contributed by atoms with van der Waals surface area (Å²) in [6.07, 6.45) is 0. The van der Waals surface area contributed by atoms with Crippen molar-refractivity contribution in [1.29, 1.82) is 0 Å². The van der Waals surface area contributed by atoms with Gasteiger partial charge in [-0.25, -0.2) is 0 Å². The SMILES string of the molecule is Cc1nn(C)c(C)c1OCC(CBr)C(C)(C)C. The van der Waals surface area contributed by atoms with Crippen LogP contribution in [0.4, 0.5) is 0 Å². The molecule has 0 fully saturated rings. The van der Waals surface area contributed by atoms with Crippen LogP contribution in [0.1, 0.15) is 32.2 Å². The zero-order valence-corrected chi connectivity index (χ0v) is 13.3. The lowest BCUT2D eigenvalue weighted by atomic mass is 9.83. The number of ether oxygens (including phenoxy) is 1. The first-order chi connectivity index (χ1) is 7.77. The van der Waals surface area contributed by atoms with Gasteiger partial charge in [0, 0.05) is 18.3 Å². The van der Waals surface area contributed by atoms with Crippen LogP contribution in [0.5, 0.6) is 5.75 Å². The molecule has 17 heavy (non-hydrogen) atoms.